The van der Waals surface area contributed by atoms with E-state index in [4.69, 9.17) is 9.47 Å². The topological polar surface area (TPSA) is 84.9 Å². The summed E-state index contributed by atoms with van der Waals surface area (Å²) in [5.41, 5.74) is 0.645. The summed E-state index contributed by atoms with van der Waals surface area (Å²) in [5, 5.41) is 15.3. The molecule has 0 amide bonds. The normalized spacial score (nSPS) is 15.1. The highest BCUT2D eigenvalue weighted by Gasteiger charge is 2.25. The van der Waals surface area contributed by atoms with Gasteiger partial charge in [-0.05, 0) is 31.3 Å². The van der Waals surface area contributed by atoms with Gasteiger partial charge in [-0.15, -0.1) is 0 Å². The molecule has 0 aromatic heterocycles. The van der Waals surface area contributed by atoms with Crippen molar-refractivity contribution in [1.29, 1.82) is 0 Å². The fraction of sp³-hybridized carbons (Fsp3) is 0.263. The number of fused-ring (bicyclic) bond motifs is 3. The molecule has 0 bridgehead atoms. The average Bonchev–Trinajstić information content (AvgIpc) is 2.60. The largest absolute Gasteiger partial charge is 0.504 e. The van der Waals surface area contributed by atoms with Crippen LogP contribution in [0.15, 0.2) is 36.4 Å². The summed E-state index contributed by atoms with van der Waals surface area (Å²) in [4.78, 5) is 23.6. The molecule has 0 unspecified atom stereocenters. The maximum absolute atomic E-state index is 11.8. The molecule has 2 N–H and O–H groups in total. The van der Waals surface area contributed by atoms with Crippen molar-refractivity contribution in [3.05, 3.63) is 42.0 Å². The van der Waals surface area contributed by atoms with Crippen LogP contribution in [-0.2, 0) is 16.0 Å². The lowest BCUT2D eigenvalue weighted by molar-refractivity contribution is -0.133. The number of nitrogens with one attached hydrogen (secondary N) is 1. The van der Waals surface area contributed by atoms with Crippen LogP contribution in [0.2, 0.25) is 0 Å². The molecule has 25 heavy (non-hydrogen) atoms. The number of hydrogen-bond acceptors (Lipinski definition) is 6. The first-order chi connectivity index (χ1) is 12.1. The molecule has 0 aliphatic carbocycles. The summed E-state index contributed by atoms with van der Waals surface area (Å²) in [7, 11) is 0. The Hall–Kier alpha value is -2.86. The number of rotatable bonds is 5. The predicted octanol–water partition coefficient (Wildman–Crippen LogP) is 2.47. The summed E-state index contributed by atoms with van der Waals surface area (Å²) in [5.74, 6) is -1.67. The van der Waals surface area contributed by atoms with E-state index in [0.717, 1.165) is 30.5 Å². The number of phenols is 1. The lowest BCUT2D eigenvalue weighted by Gasteiger charge is -2.18. The van der Waals surface area contributed by atoms with Gasteiger partial charge in [0.05, 0.1) is 0 Å². The van der Waals surface area contributed by atoms with Crippen LogP contribution in [0.25, 0.3) is 10.8 Å². The first kappa shape index (κ1) is 17.0. The van der Waals surface area contributed by atoms with E-state index in [9.17, 15) is 14.7 Å². The first-order valence-corrected chi connectivity index (χ1v) is 8.20. The van der Waals surface area contributed by atoms with E-state index < -0.39 is 11.9 Å². The van der Waals surface area contributed by atoms with Crippen LogP contribution in [0.3, 0.4) is 0 Å². The molecule has 1 aliphatic heterocycles. The Morgan fingerprint density at radius 1 is 0.960 bits per heavy atom. The highest BCUT2D eigenvalue weighted by atomic mass is 16.6. The molecule has 2 aromatic rings. The van der Waals surface area contributed by atoms with E-state index in [2.05, 4.69) is 12.2 Å². The third-order valence-corrected chi connectivity index (χ3v) is 3.94. The molecule has 0 radical (unpaired) electrons. The second kappa shape index (κ2) is 7.36. The second-order valence-corrected chi connectivity index (χ2v) is 5.71. The lowest BCUT2D eigenvalue weighted by atomic mass is 9.99. The molecule has 2 aromatic carbocycles. The lowest BCUT2D eigenvalue weighted by Crippen LogP contribution is -2.18. The zero-order chi connectivity index (χ0) is 17.8. The van der Waals surface area contributed by atoms with E-state index >= 15 is 0 Å². The van der Waals surface area contributed by atoms with Gasteiger partial charge in [-0.25, -0.2) is 9.59 Å². The van der Waals surface area contributed by atoms with Gasteiger partial charge in [-0.3, -0.25) is 0 Å². The van der Waals surface area contributed by atoms with Crippen LogP contribution in [-0.4, -0.2) is 30.1 Å². The van der Waals surface area contributed by atoms with Crippen LogP contribution >= 0.6 is 0 Å². The molecule has 3 rings (SSSR count). The predicted molar refractivity (Wildman–Crippen MR) is 92.9 cm³/mol. The van der Waals surface area contributed by atoms with Gasteiger partial charge in [0.2, 0.25) is 5.75 Å². The zero-order valence-corrected chi connectivity index (χ0v) is 13.9. The maximum Gasteiger partial charge on any atom is 0.336 e. The van der Waals surface area contributed by atoms with Crippen LogP contribution in [0, 0.1) is 0 Å². The van der Waals surface area contributed by atoms with Crippen molar-refractivity contribution in [2.75, 3.05) is 13.1 Å². The average molecular weight is 341 g/mol. The Balaban J connectivity index is 2.13. The Kier molecular flexibility index (Phi) is 5.00. The van der Waals surface area contributed by atoms with E-state index in [0.29, 0.717) is 23.9 Å². The number of phenolic OH excluding ortho intramolecular Hbond substituents is 1. The number of aromatic hydroxyl groups is 1. The van der Waals surface area contributed by atoms with Crippen molar-refractivity contribution in [2.24, 2.45) is 0 Å². The van der Waals surface area contributed by atoms with Crippen molar-refractivity contribution in [2.45, 2.75) is 19.8 Å². The third-order valence-electron chi connectivity index (χ3n) is 3.94. The van der Waals surface area contributed by atoms with Crippen molar-refractivity contribution in [3.63, 3.8) is 0 Å². The van der Waals surface area contributed by atoms with Crippen molar-refractivity contribution >= 4 is 22.7 Å². The van der Waals surface area contributed by atoms with Crippen LogP contribution in [0.1, 0.15) is 18.9 Å². The van der Waals surface area contributed by atoms with Gasteiger partial charge in [-0.2, -0.15) is 0 Å². The minimum absolute atomic E-state index is 0.0565. The fourth-order valence-electron chi connectivity index (χ4n) is 2.81. The van der Waals surface area contributed by atoms with E-state index in [1.807, 2.05) is 12.1 Å². The Bertz CT molecular complexity index is 857. The smallest absolute Gasteiger partial charge is 0.336 e. The number of hydrogen-bond donors (Lipinski definition) is 2. The molecule has 0 saturated heterocycles. The van der Waals surface area contributed by atoms with Gasteiger partial charge < -0.3 is 19.9 Å². The minimum Gasteiger partial charge on any atom is -0.504 e. The first-order valence-electron chi connectivity index (χ1n) is 8.20. The summed E-state index contributed by atoms with van der Waals surface area (Å²) in [6.07, 6.45) is 3.53. The monoisotopic (exact) mass is 341 g/mol. The van der Waals surface area contributed by atoms with Crippen molar-refractivity contribution in [3.8, 4) is 17.2 Å². The number of carbonyl (C=O) groups is 2. The quantitative estimate of drug-likeness (QED) is 0.494. The third kappa shape index (κ3) is 3.49. The summed E-state index contributed by atoms with van der Waals surface area (Å²) < 4.78 is 10.5. The summed E-state index contributed by atoms with van der Waals surface area (Å²) >= 11 is 0. The van der Waals surface area contributed by atoms with Gasteiger partial charge in [0.1, 0.15) is 0 Å². The molecular formula is C19H19NO5. The molecule has 6 nitrogen and oxygen atoms in total. The Morgan fingerprint density at radius 3 is 2.28 bits per heavy atom. The van der Waals surface area contributed by atoms with Crippen LogP contribution in [0.4, 0.5) is 0 Å². The van der Waals surface area contributed by atoms with E-state index in [1.54, 1.807) is 12.1 Å². The van der Waals surface area contributed by atoms with Crippen molar-refractivity contribution in [1.82, 2.24) is 5.32 Å². The minimum atomic E-state index is -0.737. The van der Waals surface area contributed by atoms with Crippen LogP contribution in [0.5, 0.6) is 17.2 Å². The molecule has 1 aliphatic rings. The standard InChI is InChI=1S/C19H19NO5/c1-2-10-20-11-9-13-12-5-3-4-6-14(12)18-19(17(13)23)25-16(22)8-7-15(21)24-18/h3-8,20,23H,2,9-11H2,1H3/b8-7+. The van der Waals surface area contributed by atoms with Gasteiger partial charge >= 0.3 is 11.9 Å². The molecule has 0 spiro atoms. The Morgan fingerprint density at radius 2 is 1.60 bits per heavy atom. The molecular weight excluding hydrogens is 322 g/mol. The Labute approximate surface area is 145 Å². The molecule has 130 valence electrons. The van der Waals surface area contributed by atoms with E-state index in [-0.39, 0.29) is 17.2 Å². The van der Waals surface area contributed by atoms with Crippen molar-refractivity contribution < 1.29 is 24.2 Å². The number of carbonyl (C=O) groups excluding carboxylic acids is 2. The highest BCUT2D eigenvalue weighted by Crippen LogP contribution is 2.47. The number of esters is 2. The summed E-state index contributed by atoms with van der Waals surface area (Å²) in [6, 6.07) is 7.24. The molecule has 0 atom stereocenters. The van der Waals surface area contributed by atoms with Gasteiger partial charge in [0.25, 0.3) is 0 Å². The molecule has 6 heteroatoms. The molecule has 1 heterocycles. The van der Waals surface area contributed by atoms with E-state index in [1.165, 1.54) is 0 Å². The molecule has 0 saturated carbocycles. The van der Waals surface area contributed by atoms with Gasteiger partial charge in [-0.1, -0.05) is 31.2 Å². The fourth-order valence-corrected chi connectivity index (χ4v) is 2.81. The molecule has 0 fully saturated rings. The van der Waals surface area contributed by atoms with Gasteiger partial charge in [0.15, 0.2) is 11.5 Å². The SMILES string of the molecule is CCCNCCc1c(O)c2c(c3ccccc13)OC(=O)/C=C/C(=O)O2. The number of benzene rings is 2. The summed E-state index contributed by atoms with van der Waals surface area (Å²) in [6.45, 7) is 3.62. The maximum atomic E-state index is 11.8. The highest BCUT2D eigenvalue weighted by molar-refractivity contribution is 6.02. The van der Waals surface area contributed by atoms with Gasteiger partial charge in [0, 0.05) is 23.1 Å². The van der Waals surface area contributed by atoms with Crippen LogP contribution < -0.4 is 14.8 Å². The zero-order valence-electron chi connectivity index (χ0n) is 13.9. The second-order valence-electron chi connectivity index (χ2n) is 5.71. The number of ether oxygens (including phenoxy) is 2.